The van der Waals surface area contributed by atoms with E-state index >= 15 is 0 Å². The van der Waals surface area contributed by atoms with Crippen LogP contribution in [0.3, 0.4) is 0 Å². The van der Waals surface area contributed by atoms with Crippen molar-refractivity contribution in [2.45, 2.75) is 39.3 Å². The zero-order valence-electron chi connectivity index (χ0n) is 10.1. The normalized spacial score (nSPS) is 37.1. The van der Waals surface area contributed by atoms with Crippen molar-refractivity contribution in [1.29, 1.82) is 0 Å². The van der Waals surface area contributed by atoms with E-state index in [-0.39, 0.29) is 24.5 Å². The standard InChI is InChI=1S/C10H17N3O4/c1-5-6(2)9(16-7(3)14)10(15)17-8(5)4-12-13-11/h5-6,8-10,15H,4H2,1-3H3/t5-,6?,8?,9-,10-/m0/s1. The Morgan fingerprint density at radius 2 is 2.18 bits per heavy atom. The first-order chi connectivity index (χ1) is 7.97. The number of hydrogen-bond donors (Lipinski definition) is 1. The molecule has 1 aliphatic heterocycles. The molecule has 0 aliphatic carbocycles. The minimum absolute atomic E-state index is 0.0215. The van der Waals surface area contributed by atoms with Crippen LogP contribution in [0.25, 0.3) is 10.4 Å². The van der Waals surface area contributed by atoms with E-state index in [0.29, 0.717) is 0 Å². The highest BCUT2D eigenvalue weighted by atomic mass is 16.6. The van der Waals surface area contributed by atoms with Crippen LogP contribution in [0.2, 0.25) is 0 Å². The highest BCUT2D eigenvalue weighted by molar-refractivity contribution is 5.66. The third kappa shape index (κ3) is 3.33. The first kappa shape index (κ1) is 13.8. The van der Waals surface area contributed by atoms with Gasteiger partial charge in [-0.3, -0.25) is 4.79 Å². The van der Waals surface area contributed by atoms with Crippen LogP contribution in [0, 0.1) is 11.8 Å². The molecule has 1 saturated heterocycles. The average molecular weight is 243 g/mol. The molecule has 0 aromatic carbocycles. The summed E-state index contributed by atoms with van der Waals surface area (Å²) in [6, 6.07) is 0. The lowest BCUT2D eigenvalue weighted by Crippen LogP contribution is -2.51. The number of carbonyl (C=O) groups is 1. The molecule has 0 spiro atoms. The van der Waals surface area contributed by atoms with Gasteiger partial charge in [-0.2, -0.15) is 0 Å². The van der Waals surface area contributed by atoms with Gasteiger partial charge in [0.15, 0.2) is 12.4 Å². The zero-order chi connectivity index (χ0) is 13.0. The van der Waals surface area contributed by atoms with Gasteiger partial charge < -0.3 is 14.6 Å². The van der Waals surface area contributed by atoms with Crippen molar-refractivity contribution in [3.8, 4) is 0 Å². The smallest absolute Gasteiger partial charge is 0.303 e. The lowest BCUT2D eigenvalue weighted by molar-refractivity contribution is -0.254. The number of ether oxygens (including phenoxy) is 2. The molecule has 2 unspecified atom stereocenters. The van der Waals surface area contributed by atoms with E-state index in [9.17, 15) is 9.90 Å². The molecule has 1 aliphatic rings. The summed E-state index contributed by atoms with van der Waals surface area (Å²) in [6.07, 6.45) is -2.21. The Bertz CT molecular complexity index is 330. The van der Waals surface area contributed by atoms with Crippen LogP contribution in [0.15, 0.2) is 5.11 Å². The van der Waals surface area contributed by atoms with Crippen LogP contribution >= 0.6 is 0 Å². The first-order valence-corrected chi connectivity index (χ1v) is 5.49. The molecule has 0 amide bonds. The number of rotatable bonds is 3. The highest BCUT2D eigenvalue weighted by Crippen LogP contribution is 2.32. The molecular weight excluding hydrogens is 226 g/mol. The highest BCUT2D eigenvalue weighted by Gasteiger charge is 2.42. The second-order valence-electron chi connectivity index (χ2n) is 4.27. The molecule has 17 heavy (non-hydrogen) atoms. The summed E-state index contributed by atoms with van der Waals surface area (Å²) in [6.45, 7) is 5.22. The van der Waals surface area contributed by atoms with E-state index in [4.69, 9.17) is 15.0 Å². The van der Waals surface area contributed by atoms with E-state index in [1.165, 1.54) is 6.92 Å². The van der Waals surface area contributed by atoms with Crippen LogP contribution in [0.4, 0.5) is 0 Å². The summed E-state index contributed by atoms with van der Waals surface area (Å²) in [5.74, 6) is -0.500. The fourth-order valence-electron chi connectivity index (χ4n) is 1.96. The molecule has 0 aromatic heterocycles. The molecule has 0 radical (unpaired) electrons. The largest absolute Gasteiger partial charge is 0.457 e. The molecule has 1 rings (SSSR count). The van der Waals surface area contributed by atoms with E-state index < -0.39 is 18.4 Å². The summed E-state index contributed by atoms with van der Waals surface area (Å²) in [5.41, 5.74) is 8.26. The Hall–Kier alpha value is -1.30. The van der Waals surface area contributed by atoms with Gasteiger partial charge in [0.05, 0.1) is 12.6 Å². The summed E-state index contributed by atoms with van der Waals surface area (Å²) in [5, 5.41) is 13.2. The van der Waals surface area contributed by atoms with Crippen molar-refractivity contribution in [3.63, 3.8) is 0 Å². The van der Waals surface area contributed by atoms with Gasteiger partial charge in [0.1, 0.15) is 0 Å². The van der Waals surface area contributed by atoms with Crippen molar-refractivity contribution < 1.29 is 19.4 Å². The third-order valence-corrected chi connectivity index (χ3v) is 3.16. The molecule has 0 aromatic rings. The average Bonchev–Trinajstić information content (AvgIpc) is 2.27. The van der Waals surface area contributed by atoms with Crippen LogP contribution in [-0.2, 0) is 14.3 Å². The van der Waals surface area contributed by atoms with Gasteiger partial charge in [0.2, 0.25) is 0 Å². The predicted octanol–water partition coefficient (Wildman–Crippen LogP) is 1.22. The monoisotopic (exact) mass is 243 g/mol. The number of aliphatic hydroxyl groups is 1. The van der Waals surface area contributed by atoms with Crippen molar-refractivity contribution in [2.75, 3.05) is 6.54 Å². The van der Waals surface area contributed by atoms with Crippen LogP contribution in [0.1, 0.15) is 20.8 Å². The topological polar surface area (TPSA) is 105 Å². The molecule has 7 nitrogen and oxygen atoms in total. The lowest BCUT2D eigenvalue weighted by atomic mass is 9.83. The predicted molar refractivity (Wildman–Crippen MR) is 58.8 cm³/mol. The number of esters is 1. The number of azide groups is 1. The SMILES string of the molecule is CC(=O)O[C@H]1C(C)[C@H](C)C(CN=[N+]=[N-])O[C@@H]1O. The second-order valence-corrected chi connectivity index (χ2v) is 4.27. The van der Waals surface area contributed by atoms with E-state index in [1.54, 1.807) is 0 Å². The molecule has 5 atom stereocenters. The number of hydrogen-bond acceptors (Lipinski definition) is 5. The van der Waals surface area contributed by atoms with Gasteiger partial charge in [-0.15, -0.1) is 0 Å². The fourth-order valence-corrected chi connectivity index (χ4v) is 1.96. The maximum atomic E-state index is 10.9. The van der Waals surface area contributed by atoms with E-state index in [0.717, 1.165) is 0 Å². The minimum Gasteiger partial charge on any atom is -0.457 e. The maximum absolute atomic E-state index is 10.9. The van der Waals surface area contributed by atoms with Crippen molar-refractivity contribution in [3.05, 3.63) is 10.4 Å². The Kier molecular flexibility index (Phi) is 4.74. The van der Waals surface area contributed by atoms with Crippen molar-refractivity contribution in [2.24, 2.45) is 17.0 Å². The quantitative estimate of drug-likeness (QED) is 0.348. The minimum atomic E-state index is -1.18. The molecule has 7 heteroatoms. The Labute approximate surface area is 99.3 Å². The Morgan fingerprint density at radius 1 is 1.53 bits per heavy atom. The third-order valence-electron chi connectivity index (χ3n) is 3.16. The van der Waals surface area contributed by atoms with Crippen LogP contribution in [0.5, 0.6) is 0 Å². The summed E-state index contributed by atoms with van der Waals surface area (Å²) < 4.78 is 10.3. The zero-order valence-corrected chi connectivity index (χ0v) is 10.1. The van der Waals surface area contributed by atoms with Crippen LogP contribution in [-0.4, -0.2) is 36.1 Å². The van der Waals surface area contributed by atoms with Gasteiger partial charge in [0, 0.05) is 17.8 Å². The van der Waals surface area contributed by atoms with Crippen molar-refractivity contribution in [1.82, 2.24) is 0 Å². The number of nitrogens with zero attached hydrogens (tertiary/aromatic N) is 3. The molecule has 96 valence electrons. The Balaban J connectivity index is 2.71. The lowest BCUT2D eigenvalue weighted by Gasteiger charge is -2.41. The second kappa shape index (κ2) is 5.86. The van der Waals surface area contributed by atoms with Gasteiger partial charge in [0.25, 0.3) is 0 Å². The van der Waals surface area contributed by atoms with E-state index in [1.807, 2.05) is 13.8 Å². The fraction of sp³-hybridized carbons (Fsp3) is 0.900. The molecule has 1 heterocycles. The van der Waals surface area contributed by atoms with Gasteiger partial charge in [-0.05, 0) is 11.4 Å². The summed E-state index contributed by atoms with van der Waals surface area (Å²) in [4.78, 5) is 13.6. The number of aliphatic hydroxyl groups excluding tert-OH is 1. The molecule has 0 saturated carbocycles. The Morgan fingerprint density at radius 3 is 2.71 bits per heavy atom. The first-order valence-electron chi connectivity index (χ1n) is 5.49. The van der Waals surface area contributed by atoms with Gasteiger partial charge in [-0.1, -0.05) is 19.0 Å². The van der Waals surface area contributed by atoms with Gasteiger partial charge >= 0.3 is 5.97 Å². The summed E-state index contributed by atoms with van der Waals surface area (Å²) >= 11 is 0. The molecule has 0 bridgehead atoms. The van der Waals surface area contributed by atoms with Crippen LogP contribution < -0.4 is 0 Å². The van der Waals surface area contributed by atoms with Gasteiger partial charge in [-0.25, -0.2) is 0 Å². The maximum Gasteiger partial charge on any atom is 0.303 e. The molecule has 1 N–H and O–H groups in total. The summed E-state index contributed by atoms with van der Waals surface area (Å²) in [7, 11) is 0. The van der Waals surface area contributed by atoms with Crippen molar-refractivity contribution >= 4 is 5.97 Å². The molecular formula is C10H17N3O4. The van der Waals surface area contributed by atoms with E-state index in [2.05, 4.69) is 10.0 Å². The number of carbonyl (C=O) groups excluding carboxylic acids is 1. The molecule has 1 fully saturated rings.